The molecule has 0 amide bonds. The predicted molar refractivity (Wildman–Crippen MR) is 131 cm³/mol. The summed E-state index contributed by atoms with van der Waals surface area (Å²) < 4.78 is 0. The van der Waals surface area contributed by atoms with Gasteiger partial charge in [-0.25, -0.2) is 4.99 Å². The molecule has 164 valence electrons. The fraction of sp³-hybridized carbons (Fsp3) is 0.393. The van der Waals surface area contributed by atoms with Gasteiger partial charge in [0, 0.05) is 41.1 Å². The van der Waals surface area contributed by atoms with Gasteiger partial charge in [-0.15, -0.1) is 0 Å². The van der Waals surface area contributed by atoms with Crippen LogP contribution in [0.3, 0.4) is 0 Å². The Labute approximate surface area is 190 Å². The van der Waals surface area contributed by atoms with Crippen LogP contribution < -0.4 is 11.1 Å². The van der Waals surface area contributed by atoms with Crippen molar-refractivity contribution in [2.45, 2.75) is 50.5 Å². The van der Waals surface area contributed by atoms with E-state index in [2.05, 4.69) is 85.7 Å². The minimum atomic E-state index is -0.0223. The lowest BCUT2D eigenvalue weighted by Crippen LogP contribution is -2.37. The first-order valence-corrected chi connectivity index (χ1v) is 11.9. The number of amidine groups is 1. The molecule has 1 aliphatic heterocycles. The second-order valence-corrected chi connectivity index (χ2v) is 10.4. The predicted octanol–water partition coefficient (Wildman–Crippen LogP) is 4.60. The topological polar surface area (TPSA) is 66.2 Å². The summed E-state index contributed by atoms with van der Waals surface area (Å²) in [6, 6.07) is 20.7. The molecule has 4 heteroatoms. The first kappa shape index (κ1) is 19.8. The van der Waals surface area contributed by atoms with Gasteiger partial charge in [-0.3, -0.25) is 0 Å². The number of H-pyrrole nitrogens is 1. The smallest absolute Gasteiger partial charge is 0.136 e. The summed E-state index contributed by atoms with van der Waals surface area (Å²) in [4.78, 5) is 8.36. The number of nitrogens with zero attached hydrogens (tertiary/aromatic N) is 1. The van der Waals surface area contributed by atoms with Crippen molar-refractivity contribution in [1.29, 1.82) is 0 Å². The van der Waals surface area contributed by atoms with Crippen LogP contribution in [0.25, 0.3) is 0 Å². The molecule has 4 N–H and O–H groups in total. The number of nitrogens with one attached hydrogen (secondary N) is 2. The van der Waals surface area contributed by atoms with E-state index >= 15 is 0 Å². The van der Waals surface area contributed by atoms with E-state index in [-0.39, 0.29) is 10.8 Å². The Balaban J connectivity index is 1.45. The zero-order chi connectivity index (χ0) is 22.1. The molecule has 0 spiro atoms. The van der Waals surface area contributed by atoms with Crippen LogP contribution in [0.1, 0.15) is 48.6 Å². The van der Waals surface area contributed by atoms with Crippen molar-refractivity contribution in [3.05, 3.63) is 88.6 Å². The van der Waals surface area contributed by atoms with Crippen LogP contribution in [0.5, 0.6) is 0 Å². The van der Waals surface area contributed by atoms with Gasteiger partial charge in [0.25, 0.3) is 0 Å². The van der Waals surface area contributed by atoms with E-state index in [1.54, 1.807) is 0 Å². The summed E-state index contributed by atoms with van der Waals surface area (Å²) in [5, 5.41) is 3.64. The average Bonchev–Trinajstić information content (AvgIpc) is 3.12. The van der Waals surface area contributed by atoms with Gasteiger partial charge < -0.3 is 16.0 Å². The summed E-state index contributed by atoms with van der Waals surface area (Å²) in [5.41, 5.74) is 13.4. The third-order valence-corrected chi connectivity index (χ3v) is 8.25. The van der Waals surface area contributed by atoms with Crippen LogP contribution in [0.15, 0.2) is 65.8 Å². The largest absolute Gasteiger partial charge is 0.371 e. The highest BCUT2D eigenvalue weighted by Crippen LogP contribution is 2.67. The average molecular weight is 425 g/mol. The lowest BCUT2D eigenvalue weighted by atomic mass is 9.75. The first-order chi connectivity index (χ1) is 15.5. The van der Waals surface area contributed by atoms with Crippen molar-refractivity contribution in [2.75, 3.05) is 6.54 Å². The van der Waals surface area contributed by atoms with Crippen LogP contribution in [-0.2, 0) is 23.7 Å². The maximum absolute atomic E-state index is 6.48. The molecular formula is C28H32N4. The van der Waals surface area contributed by atoms with Crippen LogP contribution in [0.2, 0.25) is 0 Å². The Morgan fingerprint density at radius 2 is 1.78 bits per heavy atom. The van der Waals surface area contributed by atoms with Gasteiger partial charge in [-0.2, -0.15) is 0 Å². The second kappa shape index (κ2) is 6.82. The molecule has 4 nitrogen and oxygen atoms in total. The lowest BCUT2D eigenvalue weighted by molar-refractivity contribution is 0.462. The van der Waals surface area contributed by atoms with Crippen molar-refractivity contribution in [2.24, 2.45) is 22.6 Å². The molecule has 0 radical (unpaired) electrons. The fourth-order valence-electron chi connectivity index (χ4n) is 6.69. The Morgan fingerprint density at radius 3 is 2.47 bits per heavy atom. The highest BCUT2D eigenvalue weighted by molar-refractivity contribution is 5.96. The Hall–Kier alpha value is -2.85. The van der Waals surface area contributed by atoms with Crippen LogP contribution in [0, 0.1) is 11.8 Å². The molecular weight excluding hydrogens is 392 g/mol. The number of aromatic amines is 1. The quantitative estimate of drug-likeness (QED) is 0.573. The number of aliphatic imine (C=N–C) groups is 1. The van der Waals surface area contributed by atoms with E-state index in [0.717, 1.165) is 24.5 Å². The van der Waals surface area contributed by atoms with E-state index in [0.29, 0.717) is 24.4 Å². The molecule has 32 heavy (non-hydrogen) atoms. The van der Waals surface area contributed by atoms with E-state index in [1.807, 2.05) is 6.20 Å². The van der Waals surface area contributed by atoms with Crippen molar-refractivity contribution in [3.63, 3.8) is 0 Å². The van der Waals surface area contributed by atoms with Crippen molar-refractivity contribution >= 4 is 11.7 Å². The molecule has 6 rings (SSSR count). The lowest BCUT2D eigenvalue weighted by Gasteiger charge is -2.30. The van der Waals surface area contributed by atoms with E-state index in [1.165, 1.54) is 27.8 Å². The number of rotatable bonds is 4. The van der Waals surface area contributed by atoms with Gasteiger partial charge in [-0.1, -0.05) is 55.5 Å². The molecule has 3 aromatic rings. The molecule has 1 fully saturated rings. The summed E-state index contributed by atoms with van der Waals surface area (Å²) >= 11 is 0. The number of hydrogen-bond acceptors (Lipinski definition) is 3. The summed E-state index contributed by atoms with van der Waals surface area (Å²) in [6.07, 6.45) is 4.08. The van der Waals surface area contributed by atoms with E-state index in [4.69, 9.17) is 10.7 Å². The van der Waals surface area contributed by atoms with Gasteiger partial charge in [-0.05, 0) is 60.9 Å². The molecule has 3 unspecified atom stereocenters. The number of fused-ring (bicyclic) bond motifs is 4. The molecule has 3 aliphatic rings. The molecule has 3 atom stereocenters. The molecule has 2 aromatic carbocycles. The van der Waals surface area contributed by atoms with Gasteiger partial charge in [0.05, 0.1) is 0 Å². The molecule has 2 aliphatic carbocycles. The van der Waals surface area contributed by atoms with E-state index in [9.17, 15) is 0 Å². The Bertz CT molecular complexity index is 1190. The normalized spacial score (nSPS) is 26.8. The third-order valence-electron chi connectivity index (χ3n) is 8.25. The van der Waals surface area contributed by atoms with Gasteiger partial charge in [0.1, 0.15) is 11.7 Å². The minimum absolute atomic E-state index is 0.0211. The molecule has 0 bridgehead atoms. The molecule has 1 saturated carbocycles. The highest BCUT2D eigenvalue weighted by atomic mass is 15.1. The highest BCUT2D eigenvalue weighted by Gasteiger charge is 2.68. The van der Waals surface area contributed by atoms with Crippen molar-refractivity contribution in [1.82, 2.24) is 10.3 Å². The zero-order valence-corrected chi connectivity index (χ0v) is 19.2. The second-order valence-electron chi connectivity index (χ2n) is 10.4. The van der Waals surface area contributed by atoms with Gasteiger partial charge >= 0.3 is 0 Å². The molecule has 1 aromatic heterocycles. The summed E-state index contributed by atoms with van der Waals surface area (Å²) in [7, 11) is 0. The Kier molecular flexibility index (Phi) is 4.22. The Morgan fingerprint density at radius 1 is 1.06 bits per heavy atom. The number of nitrogens with two attached hydrogens (primary N) is 1. The van der Waals surface area contributed by atoms with Crippen LogP contribution >= 0.6 is 0 Å². The van der Waals surface area contributed by atoms with Crippen LogP contribution in [0.4, 0.5) is 5.82 Å². The van der Waals surface area contributed by atoms with Gasteiger partial charge in [0.2, 0.25) is 0 Å². The standard InChI is InChI=1S/C28H32N4/c1-17(2)31-26-24-18(3)28(24,23-11-12-30-25(23)32-26)22-10-6-9-21(13-22)27(16-29)14-19-7-4-5-8-20(19)15-27/h4-13,17-18,24,30H,14-16,29H2,1-3H3,(H,31,32). The van der Waals surface area contributed by atoms with Crippen LogP contribution in [-0.4, -0.2) is 23.4 Å². The first-order valence-electron chi connectivity index (χ1n) is 11.9. The summed E-state index contributed by atoms with van der Waals surface area (Å²) in [5.74, 6) is 3.00. The number of benzene rings is 2. The monoisotopic (exact) mass is 424 g/mol. The maximum atomic E-state index is 6.48. The number of hydrogen-bond donors (Lipinski definition) is 3. The molecule has 2 heterocycles. The zero-order valence-electron chi connectivity index (χ0n) is 19.2. The molecule has 0 saturated heterocycles. The number of aromatic nitrogens is 1. The van der Waals surface area contributed by atoms with Crippen molar-refractivity contribution in [3.8, 4) is 0 Å². The van der Waals surface area contributed by atoms with Crippen molar-refractivity contribution < 1.29 is 0 Å². The van der Waals surface area contributed by atoms with Gasteiger partial charge in [0.15, 0.2) is 0 Å². The third kappa shape index (κ3) is 2.56. The van der Waals surface area contributed by atoms with E-state index < -0.39 is 0 Å². The minimum Gasteiger partial charge on any atom is -0.371 e. The SMILES string of the molecule is CC(C)NC1=Nc2[nH]ccc2C2(c3cccc(C4(CN)Cc5ccccc5C4)c3)C(C)C12. The maximum Gasteiger partial charge on any atom is 0.136 e. The summed E-state index contributed by atoms with van der Waals surface area (Å²) in [6.45, 7) is 7.41. The fourth-order valence-corrected chi connectivity index (χ4v) is 6.69.